The standard InChI is InChI=1S/C8H12O4P2/c1-11-13(9)7-3-5-8(6-4-7)14(10)12-2/h3-6,13-14H,1-2H3. The normalized spacial score (nSPS) is 15.0. The molecule has 0 bridgehead atoms. The summed E-state index contributed by atoms with van der Waals surface area (Å²) in [6.45, 7) is 0. The molecule has 0 aliphatic heterocycles. The van der Waals surface area contributed by atoms with Gasteiger partial charge in [-0.25, -0.2) is 0 Å². The molecule has 0 aliphatic carbocycles. The monoisotopic (exact) mass is 234 g/mol. The molecule has 0 saturated carbocycles. The summed E-state index contributed by atoms with van der Waals surface area (Å²) in [4.78, 5) is 0. The smallest absolute Gasteiger partial charge is 0.220 e. The molecule has 0 aromatic heterocycles. The van der Waals surface area contributed by atoms with Crippen molar-refractivity contribution in [3.8, 4) is 0 Å². The fraction of sp³-hybridized carbons (Fsp3) is 0.250. The van der Waals surface area contributed by atoms with E-state index in [1.54, 1.807) is 24.3 Å². The quantitative estimate of drug-likeness (QED) is 0.734. The van der Waals surface area contributed by atoms with Crippen LogP contribution < -0.4 is 10.6 Å². The van der Waals surface area contributed by atoms with Crippen molar-refractivity contribution in [1.82, 2.24) is 0 Å². The second-order valence-corrected chi connectivity index (χ2v) is 5.68. The molecule has 14 heavy (non-hydrogen) atoms. The molecule has 1 aromatic rings. The third-order valence-corrected chi connectivity index (χ3v) is 4.08. The molecule has 0 aliphatic rings. The van der Waals surface area contributed by atoms with Gasteiger partial charge in [0, 0.05) is 24.8 Å². The van der Waals surface area contributed by atoms with Crippen molar-refractivity contribution in [3.05, 3.63) is 24.3 Å². The molecule has 2 atom stereocenters. The summed E-state index contributed by atoms with van der Waals surface area (Å²) in [6.07, 6.45) is 0. The van der Waals surface area contributed by atoms with Gasteiger partial charge in [-0.05, 0) is 24.3 Å². The van der Waals surface area contributed by atoms with E-state index >= 15 is 0 Å². The number of benzene rings is 1. The second-order valence-electron chi connectivity index (χ2n) is 2.56. The Morgan fingerprint density at radius 2 is 1.14 bits per heavy atom. The van der Waals surface area contributed by atoms with Gasteiger partial charge in [0.1, 0.15) is 0 Å². The fourth-order valence-corrected chi connectivity index (χ4v) is 2.33. The van der Waals surface area contributed by atoms with Crippen LogP contribution in [0.15, 0.2) is 24.3 Å². The Bertz CT molecular complexity index is 312. The Kier molecular flexibility index (Phi) is 4.56. The first kappa shape index (κ1) is 11.7. The van der Waals surface area contributed by atoms with Crippen molar-refractivity contribution in [3.63, 3.8) is 0 Å². The van der Waals surface area contributed by atoms with Gasteiger partial charge in [-0.1, -0.05) is 0 Å². The Labute approximate surface area is 84.0 Å². The van der Waals surface area contributed by atoms with Gasteiger partial charge in [-0.2, -0.15) is 0 Å². The van der Waals surface area contributed by atoms with E-state index in [2.05, 4.69) is 0 Å². The molecular weight excluding hydrogens is 222 g/mol. The van der Waals surface area contributed by atoms with Gasteiger partial charge in [-0.3, -0.25) is 9.13 Å². The van der Waals surface area contributed by atoms with Crippen LogP contribution in [0.3, 0.4) is 0 Å². The van der Waals surface area contributed by atoms with Crippen LogP contribution in [0.2, 0.25) is 0 Å². The number of hydrogen-bond acceptors (Lipinski definition) is 4. The first-order valence-corrected chi connectivity index (χ1v) is 6.59. The molecule has 78 valence electrons. The maximum Gasteiger partial charge on any atom is 0.220 e. The second kappa shape index (κ2) is 5.47. The minimum atomic E-state index is -2.14. The fourth-order valence-electron chi connectivity index (χ4n) is 0.978. The maximum absolute atomic E-state index is 11.2. The van der Waals surface area contributed by atoms with E-state index in [1.165, 1.54) is 14.2 Å². The maximum atomic E-state index is 11.2. The van der Waals surface area contributed by atoms with Crippen molar-refractivity contribution in [2.24, 2.45) is 0 Å². The van der Waals surface area contributed by atoms with E-state index in [4.69, 9.17) is 9.05 Å². The molecule has 0 heterocycles. The van der Waals surface area contributed by atoms with E-state index in [0.717, 1.165) is 0 Å². The Balaban J connectivity index is 2.89. The summed E-state index contributed by atoms with van der Waals surface area (Å²) in [6, 6.07) is 6.56. The molecule has 0 spiro atoms. The van der Waals surface area contributed by atoms with Crippen LogP contribution in [-0.4, -0.2) is 14.2 Å². The lowest BCUT2D eigenvalue weighted by atomic mass is 10.4. The highest BCUT2D eigenvalue weighted by Gasteiger charge is 2.04. The van der Waals surface area contributed by atoms with Crippen LogP contribution >= 0.6 is 16.1 Å². The van der Waals surface area contributed by atoms with Gasteiger partial charge in [0.25, 0.3) is 0 Å². The zero-order valence-electron chi connectivity index (χ0n) is 7.94. The lowest BCUT2D eigenvalue weighted by Crippen LogP contribution is -2.03. The largest absolute Gasteiger partial charge is 0.331 e. The summed E-state index contributed by atoms with van der Waals surface area (Å²) >= 11 is 0. The van der Waals surface area contributed by atoms with E-state index in [9.17, 15) is 9.13 Å². The molecule has 0 saturated heterocycles. The van der Waals surface area contributed by atoms with Crippen molar-refractivity contribution >= 4 is 26.7 Å². The minimum Gasteiger partial charge on any atom is -0.331 e. The van der Waals surface area contributed by atoms with Crippen molar-refractivity contribution in [1.29, 1.82) is 0 Å². The molecule has 4 nitrogen and oxygen atoms in total. The van der Waals surface area contributed by atoms with Crippen LogP contribution in [0.5, 0.6) is 0 Å². The SMILES string of the molecule is CO[PH](=O)c1ccc([PH](=O)OC)cc1. The third-order valence-electron chi connectivity index (χ3n) is 1.73. The predicted molar refractivity (Wildman–Crippen MR) is 57.7 cm³/mol. The highest BCUT2D eigenvalue weighted by atomic mass is 31.1. The van der Waals surface area contributed by atoms with Crippen molar-refractivity contribution < 1.29 is 18.2 Å². The summed E-state index contributed by atoms with van der Waals surface area (Å²) in [5, 5.41) is 1.24. The summed E-state index contributed by atoms with van der Waals surface area (Å²) in [5.41, 5.74) is 0. The van der Waals surface area contributed by atoms with Gasteiger partial charge in [0.05, 0.1) is 0 Å². The Morgan fingerprint density at radius 3 is 1.36 bits per heavy atom. The molecule has 0 radical (unpaired) electrons. The molecule has 0 fully saturated rings. The molecule has 1 rings (SSSR count). The van der Waals surface area contributed by atoms with Gasteiger partial charge >= 0.3 is 0 Å². The highest BCUT2D eigenvalue weighted by molar-refractivity contribution is 7.49. The van der Waals surface area contributed by atoms with Crippen LogP contribution in [0.25, 0.3) is 0 Å². The Hall–Kier alpha value is -0.400. The lowest BCUT2D eigenvalue weighted by Gasteiger charge is -2.02. The minimum absolute atomic E-state index is 0.618. The van der Waals surface area contributed by atoms with Crippen LogP contribution in [0.1, 0.15) is 0 Å². The summed E-state index contributed by atoms with van der Waals surface area (Å²) in [7, 11) is -1.48. The zero-order valence-corrected chi connectivity index (χ0v) is 9.94. The summed E-state index contributed by atoms with van der Waals surface area (Å²) in [5.74, 6) is 0. The number of hydrogen-bond donors (Lipinski definition) is 0. The van der Waals surface area contributed by atoms with E-state index in [0.29, 0.717) is 10.6 Å². The molecule has 6 heteroatoms. The topological polar surface area (TPSA) is 52.6 Å². The van der Waals surface area contributed by atoms with Crippen LogP contribution in [-0.2, 0) is 18.2 Å². The molecule has 0 N–H and O–H groups in total. The zero-order chi connectivity index (χ0) is 10.6. The van der Waals surface area contributed by atoms with Gasteiger partial charge in [0.15, 0.2) is 0 Å². The molecular formula is C8H12O4P2. The van der Waals surface area contributed by atoms with Gasteiger partial charge < -0.3 is 9.05 Å². The Morgan fingerprint density at radius 1 is 0.857 bits per heavy atom. The first-order chi connectivity index (χ1) is 6.69. The van der Waals surface area contributed by atoms with Crippen LogP contribution in [0, 0.1) is 0 Å². The van der Waals surface area contributed by atoms with E-state index in [1.807, 2.05) is 0 Å². The predicted octanol–water partition coefficient (Wildman–Crippen LogP) is 1.18. The van der Waals surface area contributed by atoms with E-state index in [-0.39, 0.29) is 0 Å². The average Bonchev–Trinajstić information content (AvgIpc) is 2.27. The first-order valence-electron chi connectivity index (χ1n) is 3.95. The van der Waals surface area contributed by atoms with Gasteiger partial charge in [0.2, 0.25) is 16.1 Å². The average molecular weight is 234 g/mol. The molecule has 1 aromatic carbocycles. The van der Waals surface area contributed by atoms with E-state index < -0.39 is 16.1 Å². The van der Waals surface area contributed by atoms with Gasteiger partial charge in [-0.15, -0.1) is 0 Å². The van der Waals surface area contributed by atoms with Crippen molar-refractivity contribution in [2.75, 3.05) is 14.2 Å². The number of rotatable bonds is 4. The summed E-state index contributed by atoms with van der Waals surface area (Å²) < 4.78 is 31.9. The highest BCUT2D eigenvalue weighted by Crippen LogP contribution is 2.22. The molecule has 0 amide bonds. The van der Waals surface area contributed by atoms with Crippen molar-refractivity contribution in [2.45, 2.75) is 0 Å². The lowest BCUT2D eigenvalue weighted by molar-refractivity contribution is 0.422. The molecule has 2 unspecified atom stereocenters. The van der Waals surface area contributed by atoms with Crippen LogP contribution in [0.4, 0.5) is 0 Å². The third kappa shape index (κ3) is 2.79.